The van der Waals surface area contributed by atoms with Crippen molar-refractivity contribution in [3.63, 3.8) is 0 Å². The highest BCUT2D eigenvalue weighted by Gasteiger charge is 2.14. The molecule has 0 radical (unpaired) electrons. The minimum Gasteiger partial charge on any atom is -0.393 e. The van der Waals surface area contributed by atoms with Crippen molar-refractivity contribution in [2.45, 2.75) is 0 Å². The Labute approximate surface area is 151 Å². The molecule has 2 heterocycles. The van der Waals surface area contributed by atoms with Gasteiger partial charge in [-0.15, -0.1) is 0 Å². The fraction of sp³-hybridized carbons (Fsp3) is 0.0500. The zero-order chi connectivity index (χ0) is 17.9. The zero-order valence-corrected chi connectivity index (χ0v) is 14.3. The normalized spacial score (nSPS) is 10.7. The SMILES string of the molecule is CN(c1ccccc1)c1ncnc(Nc2cccc3cccnc23)c1N. The number of hydrogen-bond acceptors (Lipinski definition) is 6. The first-order valence-electron chi connectivity index (χ1n) is 8.24. The molecule has 128 valence electrons. The molecular weight excluding hydrogens is 324 g/mol. The van der Waals surface area contributed by atoms with Gasteiger partial charge >= 0.3 is 0 Å². The van der Waals surface area contributed by atoms with Crippen LogP contribution in [0.3, 0.4) is 0 Å². The third-order valence-corrected chi connectivity index (χ3v) is 4.21. The molecule has 6 heteroatoms. The molecule has 0 spiro atoms. The monoisotopic (exact) mass is 342 g/mol. The molecule has 0 saturated carbocycles. The Morgan fingerprint density at radius 2 is 1.69 bits per heavy atom. The van der Waals surface area contributed by atoms with Crippen LogP contribution in [-0.2, 0) is 0 Å². The van der Waals surface area contributed by atoms with E-state index in [0.29, 0.717) is 17.3 Å². The Kier molecular flexibility index (Phi) is 4.07. The topological polar surface area (TPSA) is 80.0 Å². The standard InChI is InChI=1S/C20H18N6/c1-26(15-9-3-2-4-10-15)20-17(21)19(23-13-24-20)25-16-11-5-7-14-8-6-12-22-18(14)16/h2-13H,21H2,1H3,(H,23,24,25). The average molecular weight is 342 g/mol. The summed E-state index contributed by atoms with van der Waals surface area (Å²) in [6.07, 6.45) is 3.28. The van der Waals surface area contributed by atoms with Crippen LogP contribution in [0.2, 0.25) is 0 Å². The van der Waals surface area contributed by atoms with E-state index in [1.54, 1.807) is 6.20 Å². The van der Waals surface area contributed by atoms with E-state index in [1.165, 1.54) is 6.33 Å². The minimum atomic E-state index is 0.479. The number of pyridine rings is 1. The fourth-order valence-corrected chi connectivity index (χ4v) is 2.86. The second kappa shape index (κ2) is 6.68. The molecule has 0 amide bonds. The lowest BCUT2D eigenvalue weighted by Gasteiger charge is -2.21. The van der Waals surface area contributed by atoms with E-state index < -0.39 is 0 Å². The molecule has 0 aliphatic carbocycles. The Morgan fingerprint density at radius 3 is 2.54 bits per heavy atom. The van der Waals surface area contributed by atoms with E-state index >= 15 is 0 Å². The maximum absolute atomic E-state index is 6.36. The number of rotatable bonds is 4. The van der Waals surface area contributed by atoms with Crippen LogP contribution in [-0.4, -0.2) is 22.0 Å². The molecule has 0 aliphatic rings. The summed E-state index contributed by atoms with van der Waals surface area (Å²) in [4.78, 5) is 15.1. The number of nitrogens with two attached hydrogens (primary N) is 1. The van der Waals surface area contributed by atoms with E-state index in [9.17, 15) is 0 Å². The largest absolute Gasteiger partial charge is 0.393 e. The lowest BCUT2D eigenvalue weighted by atomic mass is 10.2. The molecule has 0 bridgehead atoms. The fourth-order valence-electron chi connectivity index (χ4n) is 2.86. The van der Waals surface area contributed by atoms with Gasteiger partial charge in [0.25, 0.3) is 0 Å². The molecule has 0 unspecified atom stereocenters. The van der Waals surface area contributed by atoms with Crippen molar-refractivity contribution >= 4 is 39.6 Å². The number of fused-ring (bicyclic) bond motifs is 1. The van der Waals surface area contributed by atoms with Crippen molar-refractivity contribution in [2.75, 3.05) is 23.0 Å². The summed E-state index contributed by atoms with van der Waals surface area (Å²) >= 11 is 0. The highest BCUT2D eigenvalue weighted by Crippen LogP contribution is 2.33. The van der Waals surface area contributed by atoms with Gasteiger partial charge in [-0.25, -0.2) is 9.97 Å². The van der Waals surface area contributed by atoms with Crippen LogP contribution in [0.4, 0.5) is 28.7 Å². The maximum atomic E-state index is 6.36. The summed E-state index contributed by atoms with van der Waals surface area (Å²) in [5.74, 6) is 1.19. The van der Waals surface area contributed by atoms with Crippen LogP contribution in [0, 0.1) is 0 Å². The summed E-state index contributed by atoms with van der Waals surface area (Å²) in [6, 6.07) is 19.8. The number of benzene rings is 2. The van der Waals surface area contributed by atoms with Crippen LogP contribution < -0.4 is 16.0 Å². The highest BCUT2D eigenvalue weighted by molar-refractivity contribution is 5.93. The van der Waals surface area contributed by atoms with Gasteiger partial charge < -0.3 is 16.0 Å². The Balaban J connectivity index is 1.72. The third kappa shape index (κ3) is 2.88. The quantitative estimate of drug-likeness (QED) is 0.581. The van der Waals surface area contributed by atoms with Crippen LogP contribution >= 0.6 is 0 Å². The van der Waals surface area contributed by atoms with Gasteiger partial charge in [0.15, 0.2) is 11.6 Å². The maximum Gasteiger partial charge on any atom is 0.161 e. The number of anilines is 5. The Hall–Kier alpha value is -3.67. The number of para-hydroxylation sites is 2. The Morgan fingerprint density at radius 1 is 0.885 bits per heavy atom. The van der Waals surface area contributed by atoms with Crippen molar-refractivity contribution in [2.24, 2.45) is 0 Å². The van der Waals surface area contributed by atoms with Gasteiger partial charge in [-0.05, 0) is 24.3 Å². The van der Waals surface area contributed by atoms with Crippen molar-refractivity contribution < 1.29 is 0 Å². The molecule has 4 aromatic rings. The summed E-state index contributed by atoms with van der Waals surface area (Å²) in [6.45, 7) is 0. The van der Waals surface area contributed by atoms with Gasteiger partial charge in [-0.2, -0.15) is 0 Å². The third-order valence-electron chi connectivity index (χ3n) is 4.21. The lowest BCUT2D eigenvalue weighted by molar-refractivity contribution is 1.09. The predicted octanol–water partition coefficient (Wildman–Crippen LogP) is 4.12. The number of nitrogens with one attached hydrogen (secondary N) is 1. The second-order valence-electron chi connectivity index (χ2n) is 5.86. The van der Waals surface area contributed by atoms with Crippen molar-refractivity contribution in [1.29, 1.82) is 0 Å². The number of aromatic nitrogens is 3. The predicted molar refractivity (Wildman–Crippen MR) is 106 cm³/mol. The van der Waals surface area contributed by atoms with Gasteiger partial charge in [0.2, 0.25) is 0 Å². The van der Waals surface area contributed by atoms with Gasteiger partial charge in [0.1, 0.15) is 12.0 Å². The Bertz CT molecular complexity index is 1040. The van der Waals surface area contributed by atoms with Gasteiger partial charge in [-0.1, -0.05) is 36.4 Å². The molecule has 3 N–H and O–H groups in total. The van der Waals surface area contributed by atoms with Crippen molar-refractivity contribution in [3.8, 4) is 0 Å². The molecule has 2 aromatic carbocycles. The molecule has 6 nitrogen and oxygen atoms in total. The first-order chi connectivity index (χ1) is 12.7. The molecule has 0 saturated heterocycles. The summed E-state index contributed by atoms with van der Waals surface area (Å²) in [7, 11) is 1.93. The molecule has 26 heavy (non-hydrogen) atoms. The average Bonchev–Trinajstić information content (AvgIpc) is 2.70. The van der Waals surface area contributed by atoms with E-state index in [0.717, 1.165) is 22.3 Å². The zero-order valence-electron chi connectivity index (χ0n) is 14.3. The summed E-state index contributed by atoms with van der Waals surface area (Å²) < 4.78 is 0. The molecule has 0 atom stereocenters. The van der Waals surface area contributed by atoms with Crippen molar-refractivity contribution in [3.05, 3.63) is 73.2 Å². The van der Waals surface area contributed by atoms with Gasteiger partial charge in [0.05, 0.1) is 11.2 Å². The molecule has 4 rings (SSSR count). The number of nitrogen functional groups attached to an aromatic ring is 1. The molecular formula is C20H18N6. The van der Waals surface area contributed by atoms with E-state index in [-0.39, 0.29) is 0 Å². The first kappa shape index (κ1) is 15.8. The van der Waals surface area contributed by atoms with E-state index in [1.807, 2.05) is 72.6 Å². The number of nitrogens with zero attached hydrogens (tertiary/aromatic N) is 4. The van der Waals surface area contributed by atoms with Gasteiger partial charge in [-0.3, -0.25) is 4.98 Å². The van der Waals surface area contributed by atoms with E-state index in [4.69, 9.17) is 5.73 Å². The molecule has 0 fully saturated rings. The van der Waals surface area contributed by atoms with Crippen LogP contribution in [0.15, 0.2) is 73.2 Å². The number of hydrogen-bond donors (Lipinski definition) is 2. The van der Waals surface area contributed by atoms with Crippen molar-refractivity contribution in [1.82, 2.24) is 15.0 Å². The van der Waals surface area contributed by atoms with Crippen LogP contribution in [0.25, 0.3) is 10.9 Å². The van der Waals surface area contributed by atoms with Crippen LogP contribution in [0.1, 0.15) is 0 Å². The highest BCUT2D eigenvalue weighted by atomic mass is 15.2. The minimum absolute atomic E-state index is 0.479. The van der Waals surface area contributed by atoms with Crippen LogP contribution in [0.5, 0.6) is 0 Å². The molecule has 0 aliphatic heterocycles. The van der Waals surface area contributed by atoms with Gasteiger partial charge in [0, 0.05) is 24.3 Å². The summed E-state index contributed by atoms with van der Waals surface area (Å²) in [5.41, 5.74) is 9.55. The smallest absolute Gasteiger partial charge is 0.161 e. The van der Waals surface area contributed by atoms with E-state index in [2.05, 4.69) is 20.3 Å². The molecule has 2 aromatic heterocycles. The second-order valence-corrected chi connectivity index (χ2v) is 5.86. The summed E-state index contributed by atoms with van der Waals surface area (Å²) in [5, 5.41) is 4.34. The lowest BCUT2D eigenvalue weighted by Crippen LogP contribution is -2.15. The first-order valence-corrected chi connectivity index (χ1v) is 8.24.